The number of esters is 1. The van der Waals surface area contributed by atoms with Gasteiger partial charge in [0.1, 0.15) is 11.6 Å². The molecule has 0 saturated heterocycles. The van der Waals surface area contributed by atoms with Gasteiger partial charge in [-0.25, -0.2) is 0 Å². The van der Waals surface area contributed by atoms with E-state index in [1.54, 1.807) is 13.0 Å². The van der Waals surface area contributed by atoms with E-state index in [1.807, 2.05) is 0 Å². The number of nitriles is 1. The number of benzene rings is 1. The fourth-order valence-electron chi connectivity index (χ4n) is 1.41. The van der Waals surface area contributed by atoms with Crippen LogP contribution in [0.4, 0.5) is 5.69 Å². The van der Waals surface area contributed by atoms with E-state index in [9.17, 15) is 14.9 Å². The summed E-state index contributed by atoms with van der Waals surface area (Å²) in [6, 6.07) is 4.48. The van der Waals surface area contributed by atoms with Crippen molar-refractivity contribution in [3.63, 3.8) is 0 Å². The highest BCUT2D eigenvalue weighted by atomic mass is 32.1. The highest BCUT2D eigenvalue weighted by Crippen LogP contribution is 2.30. The van der Waals surface area contributed by atoms with Gasteiger partial charge in [-0.1, -0.05) is 6.07 Å². The molecule has 0 aliphatic heterocycles. The zero-order valence-electron chi connectivity index (χ0n) is 9.54. The van der Waals surface area contributed by atoms with Gasteiger partial charge < -0.3 is 4.74 Å². The van der Waals surface area contributed by atoms with Crippen molar-refractivity contribution in [1.82, 2.24) is 0 Å². The van der Waals surface area contributed by atoms with Gasteiger partial charge in [0.05, 0.1) is 22.8 Å². The van der Waals surface area contributed by atoms with Crippen LogP contribution in [0.2, 0.25) is 0 Å². The van der Waals surface area contributed by atoms with E-state index in [0.717, 1.165) is 0 Å². The Morgan fingerprint density at radius 3 is 2.78 bits per heavy atom. The summed E-state index contributed by atoms with van der Waals surface area (Å²) in [7, 11) is 0. The molecule has 0 heterocycles. The zero-order valence-corrected chi connectivity index (χ0v) is 10.4. The Morgan fingerprint density at radius 2 is 2.28 bits per heavy atom. The molecule has 0 amide bonds. The topological polar surface area (TPSA) is 93.2 Å². The third kappa shape index (κ3) is 2.99. The molecule has 18 heavy (non-hydrogen) atoms. The second kappa shape index (κ2) is 6.02. The molecule has 1 rings (SSSR count). The third-order valence-corrected chi connectivity index (χ3v) is 2.68. The normalized spacial score (nSPS) is 9.61. The van der Waals surface area contributed by atoms with Crippen LogP contribution in [0.5, 0.6) is 0 Å². The van der Waals surface area contributed by atoms with Crippen LogP contribution >= 0.6 is 12.6 Å². The van der Waals surface area contributed by atoms with Crippen LogP contribution in [0.25, 0.3) is 0 Å². The smallest absolute Gasteiger partial charge is 0.310 e. The average Bonchev–Trinajstić information content (AvgIpc) is 2.31. The van der Waals surface area contributed by atoms with Gasteiger partial charge in [-0.05, 0) is 18.6 Å². The molecule has 6 nitrogen and oxygen atoms in total. The summed E-state index contributed by atoms with van der Waals surface area (Å²) in [5, 5.41) is 19.6. The first-order valence-electron chi connectivity index (χ1n) is 5.06. The molecule has 0 spiro atoms. The van der Waals surface area contributed by atoms with Crippen LogP contribution < -0.4 is 0 Å². The van der Waals surface area contributed by atoms with Crippen molar-refractivity contribution in [2.24, 2.45) is 0 Å². The maximum atomic E-state index is 11.3. The first kappa shape index (κ1) is 14.0. The van der Waals surface area contributed by atoms with Gasteiger partial charge in [-0.3, -0.25) is 14.9 Å². The Morgan fingerprint density at radius 1 is 1.61 bits per heavy atom. The SMILES string of the molecule is CCOC(=O)Cc1ccc(C#N)c([N+](=O)[O-])c1S. The van der Waals surface area contributed by atoms with E-state index >= 15 is 0 Å². The third-order valence-electron chi connectivity index (χ3n) is 2.18. The molecule has 0 aliphatic rings. The quantitative estimate of drug-likeness (QED) is 0.388. The lowest BCUT2D eigenvalue weighted by atomic mass is 10.1. The number of nitro benzene ring substituents is 1. The van der Waals surface area contributed by atoms with Crippen molar-refractivity contribution >= 4 is 24.3 Å². The van der Waals surface area contributed by atoms with Gasteiger partial charge in [0, 0.05) is 0 Å². The minimum absolute atomic E-state index is 0.0205. The number of hydrogen-bond donors (Lipinski definition) is 1. The molecule has 0 saturated carbocycles. The van der Waals surface area contributed by atoms with Crippen molar-refractivity contribution in [1.29, 1.82) is 5.26 Å². The summed E-state index contributed by atoms with van der Waals surface area (Å²) in [5.74, 6) is -0.494. The Labute approximate surface area is 109 Å². The summed E-state index contributed by atoms with van der Waals surface area (Å²) in [6.07, 6.45) is -0.112. The predicted molar refractivity (Wildman–Crippen MR) is 65.4 cm³/mol. The van der Waals surface area contributed by atoms with Gasteiger partial charge in [-0.2, -0.15) is 5.26 Å². The van der Waals surface area contributed by atoms with Crippen molar-refractivity contribution in [3.8, 4) is 6.07 Å². The minimum Gasteiger partial charge on any atom is -0.466 e. The van der Waals surface area contributed by atoms with E-state index < -0.39 is 10.9 Å². The molecule has 1 aromatic carbocycles. The number of carbonyl (C=O) groups is 1. The average molecular weight is 266 g/mol. The molecule has 94 valence electrons. The molecule has 0 N–H and O–H groups in total. The molecule has 0 aliphatic carbocycles. The van der Waals surface area contributed by atoms with Gasteiger partial charge in [-0.15, -0.1) is 12.6 Å². The highest BCUT2D eigenvalue weighted by Gasteiger charge is 2.22. The molecule has 0 bridgehead atoms. The van der Waals surface area contributed by atoms with E-state index in [0.29, 0.717) is 5.56 Å². The van der Waals surface area contributed by atoms with Crippen LogP contribution in [-0.2, 0) is 16.0 Å². The Bertz CT molecular complexity index is 537. The molecular weight excluding hydrogens is 256 g/mol. The number of carbonyl (C=O) groups excluding carboxylic acids is 1. The Kier molecular flexibility index (Phi) is 4.68. The van der Waals surface area contributed by atoms with Gasteiger partial charge in [0.2, 0.25) is 0 Å². The monoisotopic (exact) mass is 266 g/mol. The molecule has 7 heteroatoms. The first-order valence-corrected chi connectivity index (χ1v) is 5.51. The highest BCUT2D eigenvalue weighted by molar-refractivity contribution is 7.80. The lowest BCUT2D eigenvalue weighted by molar-refractivity contribution is -0.388. The molecule has 0 unspecified atom stereocenters. The van der Waals surface area contributed by atoms with Crippen molar-refractivity contribution < 1.29 is 14.5 Å². The zero-order chi connectivity index (χ0) is 13.7. The Balaban J connectivity index is 3.17. The lowest BCUT2D eigenvalue weighted by Gasteiger charge is -2.06. The standard InChI is InChI=1S/C11H10N2O4S/c1-2-17-9(14)5-7-3-4-8(6-12)10(11(7)18)13(15)16/h3-4,18H,2,5H2,1H3. The van der Waals surface area contributed by atoms with Crippen LogP contribution in [-0.4, -0.2) is 17.5 Å². The summed E-state index contributed by atoms with van der Waals surface area (Å²) >= 11 is 4.02. The maximum absolute atomic E-state index is 11.3. The molecule has 0 fully saturated rings. The number of ether oxygens (including phenoxy) is 1. The van der Waals surface area contributed by atoms with Crippen LogP contribution in [0, 0.1) is 21.4 Å². The summed E-state index contributed by atoms with van der Waals surface area (Å²) < 4.78 is 4.75. The second-order valence-electron chi connectivity index (χ2n) is 3.32. The number of nitrogens with zero attached hydrogens (tertiary/aromatic N) is 2. The molecular formula is C11H10N2O4S. The fraction of sp³-hybridized carbons (Fsp3) is 0.273. The van der Waals surface area contributed by atoms with Crippen molar-refractivity contribution in [2.45, 2.75) is 18.2 Å². The maximum Gasteiger partial charge on any atom is 0.310 e. The van der Waals surface area contributed by atoms with E-state index in [1.165, 1.54) is 12.1 Å². The van der Waals surface area contributed by atoms with Crippen LogP contribution in [0.15, 0.2) is 17.0 Å². The van der Waals surface area contributed by atoms with Gasteiger partial charge in [0.25, 0.3) is 0 Å². The molecule has 0 aromatic heterocycles. The summed E-state index contributed by atoms with van der Waals surface area (Å²) in [6.45, 7) is 1.90. The van der Waals surface area contributed by atoms with Gasteiger partial charge in [0.15, 0.2) is 0 Å². The Hall–Kier alpha value is -2.07. The van der Waals surface area contributed by atoms with E-state index in [4.69, 9.17) is 10.00 Å². The fourth-order valence-corrected chi connectivity index (χ4v) is 1.76. The van der Waals surface area contributed by atoms with Crippen molar-refractivity contribution in [3.05, 3.63) is 33.4 Å². The molecule has 1 aromatic rings. The van der Waals surface area contributed by atoms with Crippen molar-refractivity contribution in [2.75, 3.05) is 6.61 Å². The predicted octanol–water partition coefficient (Wildman–Crippen LogP) is 1.86. The minimum atomic E-state index is -0.685. The lowest BCUT2D eigenvalue weighted by Crippen LogP contribution is -2.09. The van der Waals surface area contributed by atoms with Gasteiger partial charge >= 0.3 is 11.7 Å². The number of thiol groups is 1. The second-order valence-corrected chi connectivity index (χ2v) is 3.77. The summed E-state index contributed by atoms with van der Waals surface area (Å²) in [5.41, 5.74) is -0.109. The number of nitro groups is 1. The van der Waals surface area contributed by atoms with Crippen LogP contribution in [0.3, 0.4) is 0 Å². The number of rotatable bonds is 4. The molecule has 0 radical (unpaired) electrons. The summed E-state index contributed by atoms with van der Waals surface area (Å²) in [4.78, 5) is 21.5. The largest absolute Gasteiger partial charge is 0.466 e. The van der Waals surface area contributed by atoms with Crippen LogP contribution in [0.1, 0.15) is 18.1 Å². The first-order chi connectivity index (χ1) is 8.51. The molecule has 0 atom stereocenters. The number of hydrogen-bond acceptors (Lipinski definition) is 6. The van der Waals surface area contributed by atoms with E-state index in [2.05, 4.69) is 12.6 Å². The van der Waals surface area contributed by atoms with E-state index in [-0.39, 0.29) is 29.2 Å².